The number of hydrogen-bond acceptors (Lipinski definition) is 3. The molecule has 2 rings (SSSR count). The molecule has 5 heteroatoms. The summed E-state index contributed by atoms with van der Waals surface area (Å²) in [5.41, 5.74) is 0.404. The monoisotopic (exact) mass is 367 g/mol. The number of nitrogens with zero attached hydrogens (tertiary/aromatic N) is 1. The van der Waals surface area contributed by atoms with Gasteiger partial charge in [0.1, 0.15) is 11.4 Å². The maximum absolute atomic E-state index is 12.5. The topological polar surface area (TPSA) is 46.6 Å². The third-order valence-corrected chi connectivity index (χ3v) is 4.20. The lowest BCUT2D eigenvalue weighted by molar-refractivity contribution is -0.127. The summed E-state index contributed by atoms with van der Waals surface area (Å²) >= 11 is 3.40. The van der Waals surface area contributed by atoms with Gasteiger partial charge in [-0.15, -0.1) is 0 Å². The second-order valence-electron chi connectivity index (χ2n) is 6.77. The zero-order valence-electron chi connectivity index (χ0n) is 13.4. The van der Waals surface area contributed by atoms with Crippen LogP contribution in [-0.4, -0.2) is 28.9 Å². The molecule has 0 radical (unpaired) electrons. The highest BCUT2D eigenvalue weighted by Crippen LogP contribution is 2.33. The fourth-order valence-electron chi connectivity index (χ4n) is 2.53. The van der Waals surface area contributed by atoms with Crippen molar-refractivity contribution in [3.05, 3.63) is 34.3 Å². The minimum absolute atomic E-state index is 0.154. The number of Topliss-reactive ketones (excluding diaryl/α,β-unsaturated/α-hetero) is 1. The maximum Gasteiger partial charge on any atom is 0.410 e. The Morgan fingerprint density at radius 3 is 2.41 bits per heavy atom. The predicted molar refractivity (Wildman–Crippen MR) is 88.6 cm³/mol. The molecule has 1 aromatic carbocycles. The van der Waals surface area contributed by atoms with E-state index in [0.717, 1.165) is 10.0 Å². The molecule has 120 valence electrons. The van der Waals surface area contributed by atoms with Crippen molar-refractivity contribution in [2.75, 3.05) is 6.54 Å². The van der Waals surface area contributed by atoms with Crippen LogP contribution in [0, 0.1) is 5.92 Å². The van der Waals surface area contributed by atoms with Gasteiger partial charge in [-0.2, -0.15) is 0 Å². The number of rotatable bonds is 1. The Kier molecular flexibility index (Phi) is 4.95. The molecule has 4 nitrogen and oxygen atoms in total. The van der Waals surface area contributed by atoms with Crippen molar-refractivity contribution in [3.8, 4) is 0 Å². The van der Waals surface area contributed by atoms with E-state index in [1.54, 1.807) is 4.90 Å². The number of ketones is 1. The number of carbonyl (C=O) groups is 2. The molecule has 0 N–H and O–H groups in total. The van der Waals surface area contributed by atoms with Crippen molar-refractivity contribution in [1.82, 2.24) is 4.90 Å². The van der Waals surface area contributed by atoms with Crippen LogP contribution in [0.15, 0.2) is 28.7 Å². The van der Waals surface area contributed by atoms with Gasteiger partial charge in [-0.1, -0.05) is 35.0 Å². The maximum atomic E-state index is 12.5. The number of ether oxygens (including phenoxy) is 1. The lowest BCUT2D eigenvalue weighted by Gasteiger charge is -2.38. The van der Waals surface area contributed by atoms with Gasteiger partial charge in [0.15, 0.2) is 0 Å². The first-order chi connectivity index (χ1) is 10.2. The molecular formula is C17H22BrNO3. The molecular weight excluding hydrogens is 346 g/mol. The normalized spacial score (nSPS) is 22.6. The molecule has 1 amide bonds. The summed E-state index contributed by atoms with van der Waals surface area (Å²) in [6, 6.07) is 7.47. The van der Waals surface area contributed by atoms with E-state index in [9.17, 15) is 9.59 Å². The molecule has 0 spiro atoms. The van der Waals surface area contributed by atoms with Crippen LogP contribution in [0.3, 0.4) is 0 Å². The summed E-state index contributed by atoms with van der Waals surface area (Å²) in [6.45, 7) is 7.79. The van der Waals surface area contributed by atoms with Gasteiger partial charge in [-0.3, -0.25) is 4.79 Å². The van der Waals surface area contributed by atoms with Crippen molar-refractivity contribution < 1.29 is 14.3 Å². The zero-order valence-corrected chi connectivity index (χ0v) is 15.0. The summed E-state index contributed by atoms with van der Waals surface area (Å²) in [6.07, 6.45) is -0.0260. The van der Waals surface area contributed by atoms with Crippen LogP contribution in [0.2, 0.25) is 0 Å². The molecule has 2 atom stereocenters. The minimum Gasteiger partial charge on any atom is -0.444 e. The Morgan fingerprint density at radius 1 is 1.27 bits per heavy atom. The molecule has 0 aliphatic carbocycles. The van der Waals surface area contributed by atoms with Gasteiger partial charge in [-0.05, 0) is 38.5 Å². The Labute approximate surface area is 140 Å². The molecule has 1 saturated heterocycles. The Hall–Kier alpha value is -1.36. The number of amides is 1. The highest BCUT2D eigenvalue weighted by atomic mass is 79.9. The van der Waals surface area contributed by atoms with E-state index in [1.807, 2.05) is 52.0 Å². The van der Waals surface area contributed by atoms with E-state index in [2.05, 4.69) is 15.9 Å². The number of piperidine rings is 1. The van der Waals surface area contributed by atoms with E-state index >= 15 is 0 Å². The summed E-state index contributed by atoms with van der Waals surface area (Å²) in [5.74, 6) is 0.0342. The quantitative estimate of drug-likeness (QED) is 0.741. The SMILES string of the molecule is CC1CN(C(=O)OC(C)(C)C)[C@@H](c2ccc(Br)cc2)CC1=O. The van der Waals surface area contributed by atoms with E-state index in [-0.39, 0.29) is 23.8 Å². The number of benzene rings is 1. The molecule has 0 saturated carbocycles. The van der Waals surface area contributed by atoms with Crippen LogP contribution in [0.4, 0.5) is 4.79 Å². The molecule has 1 fully saturated rings. The van der Waals surface area contributed by atoms with E-state index < -0.39 is 5.60 Å². The van der Waals surface area contributed by atoms with Crippen LogP contribution >= 0.6 is 15.9 Å². The highest BCUT2D eigenvalue weighted by molar-refractivity contribution is 9.10. The van der Waals surface area contributed by atoms with Crippen LogP contribution in [0.1, 0.15) is 45.7 Å². The van der Waals surface area contributed by atoms with Gasteiger partial charge in [0.25, 0.3) is 0 Å². The third-order valence-electron chi connectivity index (χ3n) is 3.67. The molecule has 1 aliphatic heterocycles. The van der Waals surface area contributed by atoms with E-state index in [0.29, 0.717) is 13.0 Å². The largest absolute Gasteiger partial charge is 0.444 e. The van der Waals surface area contributed by atoms with Crippen molar-refractivity contribution >= 4 is 27.8 Å². The number of hydrogen-bond donors (Lipinski definition) is 0. The van der Waals surface area contributed by atoms with Gasteiger partial charge in [-0.25, -0.2) is 4.79 Å². The molecule has 22 heavy (non-hydrogen) atoms. The first-order valence-electron chi connectivity index (χ1n) is 7.45. The summed E-state index contributed by atoms with van der Waals surface area (Å²) in [7, 11) is 0. The predicted octanol–water partition coefficient (Wildman–Crippen LogP) is 4.34. The number of likely N-dealkylation sites (tertiary alicyclic amines) is 1. The average molecular weight is 368 g/mol. The van der Waals surface area contributed by atoms with Crippen LogP contribution in [0.25, 0.3) is 0 Å². The molecule has 1 aromatic rings. The van der Waals surface area contributed by atoms with Crippen molar-refractivity contribution in [1.29, 1.82) is 0 Å². The highest BCUT2D eigenvalue weighted by Gasteiger charge is 2.37. The number of carbonyl (C=O) groups excluding carboxylic acids is 2. The first-order valence-corrected chi connectivity index (χ1v) is 8.24. The summed E-state index contributed by atoms with van der Waals surface area (Å²) in [4.78, 5) is 26.3. The van der Waals surface area contributed by atoms with Crippen LogP contribution in [-0.2, 0) is 9.53 Å². The molecule has 1 heterocycles. The Balaban J connectivity index is 2.28. The first kappa shape index (κ1) is 17.0. The molecule has 1 aliphatic rings. The lowest BCUT2D eigenvalue weighted by atomic mass is 9.89. The van der Waals surface area contributed by atoms with Crippen molar-refractivity contribution in [3.63, 3.8) is 0 Å². The average Bonchev–Trinajstić information content (AvgIpc) is 2.40. The van der Waals surface area contributed by atoms with Crippen LogP contribution in [0.5, 0.6) is 0 Å². The fourth-order valence-corrected chi connectivity index (χ4v) is 2.80. The second kappa shape index (κ2) is 6.41. The van der Waals surface area contributed by atoms with Gasteiger partial charge < -0.3 is 9.64 Å². The van der Waals surface area contributed by atoms with E-state index in [1.165, 1.54) is 0 Å². The Morgan fingerprint density at radius 2 is 1.86 bits per heavy atom. The van der Waals surface area contributed by atoms with Gasteiger partial charge in [0.2, 0.25) is 0 Å². The fraction of sp³-hybridized carbons (Fsp3) is 0.529. The molecule has 0 bridgehead atoms. The Bertz CT molecular complexity index is 562. The lowest BCUT2D eigenvalue weighted by Crippen LogP contribution is -2.47. The zero-order chi connectivity index (χ0) is 16.5. The molecule has 1 unspecified atom stereocenters. The van der Waals surface area contributed by atoms with Crippen LogP contribution < -0.4 is 0 Å². The standard InChI is InChI=1S/C17H22BrNO3/c1-11-10-19(16(21)22-17(2,3)4)14(9-15(11)20)12-5-7-13(18)8-6-12/h5-8,11,14H,9-10H2,1-4H3/t11?,14-/m1/s1. The van der Waals surface area contributed by atoms with Gasteiger partial charge in [0, 0.05) is 23.4 Å². The van der Waals surface area contributed by atoms with Crippen molar-refractivity contribution in [2.24, 2.45) is 5.92 Å². The van der Waals surface area contributed by atoms with Crippen molar-refractivity contribution in [2.45, 2.75) is 45.8 Å². The smallest absolute Gasteiger partial charge is 0.410 e. The van der Waals surface area contributed by atoms with Gasteiger partial charge >= 0.3 is 6.09 Å². The summed E-state index contributed by atoms with van der Waals surface area (Å²) in [5, 5.41) is 0. The third kappa shape index (κ3) is 4.09. The van der Waals surface area contributed by atoms with E-state index in [4.69, 9.17) is 4.74 Å². The van der Waals surface area contributed by atoms with Gasteiger partial charge in [0.05, 0.1) is 6.04 Å². The minimum atomic E-state index is -0.550. The molecule has 0 aromatic heterocycles. The second-order valence-corrected chi connectivity index (χ2v) is 7.69. The number of halogens is 1. The summed E-state index contributed by atoms with van der Waals surface area (Å²) < 4.78 is 6.47.